The lowest BCUT2D eigenvalue weighted by atomic mass is 10.1. The predicted molar refractivity (Wildman–Crippen MR) is 74.3 cm³/mol. The third-order valence-corrected chi connectivity index (χ3v) is 4.22. The van der Waals surface area contributed by atoms with E-state index in [0.29, 0.717) is 6.04 Å². The van der Waals surface area contributed by atoms with Crippen molar-refractivity contribution in [3.05, 3.63) is 0 Å². The van der Waals surface area contributed by atoms with E-state index < -0.39 is 0 Å². The third kappa shape index (κ3) is 4.26. The Balaban J connectivity index is 1.72. The predicted octanol–water partition coefficient (Wildman–Crippen LogP) is 3.03. The summed E-state index contributed by atoms with van der Waals surface area (Å²) in [5, 5.41) is 3.78. The van der Waals surface area contributed by atoms with Crippen LogP contribution >= 0.6 is 0 Å². The summed E-state index contributed by atoms with van der Waals surface area (Å²) in [5.41, 5.74) is 0. The van der Waals surface area contributed by atoms with Gasteiger partial charge in [0, 0.05) is 31.2 Å². The summed E-state index contributed by atoms with van der Waals surface area (Å²) in [5.74, 6) is 0.796. The minimum atomic E-state index is 0.713. The van der Waals surface area contributed by atoms with E-state index in [2.05, 4.69) is 31.0 Å². The molecule has 2 saturated carbocycles. The van der Waals surface area contributed by atoms with Crippen molar-refractivity contribution < 1.29 is 0 Å². The summed E-state index contributed by atoms with van der Waals surface area (Å²) >= 11 is 0. The van der Waals surface area contributed by atoms with Crippen LogP contribution in [0.2, 0.25) is 0 Å². The van der Waals surface area contributed by atoms with Crippen LogP contribution in [-0.4, -0.2) is 36.1 Å². The summed E-state index contributed by atoms with van der Waals surface area (Å²) in [4.78, 5) is 2.74. The SMILES string of the molecule is CC(C)CN(C(C)CNC1CCCC1)C1CC1. The van der Waals surface area contributed by atoms with Crippen LogP contribution in [0, 0.1) is 5.92 Å². The first-order valence-corrected chi connectivity index (χ1v) is 7.66. The van der Waals surface area contributed by atoms with Crippen LogP contribution in [0.15, 0.2) is 0 Å². The highest BCUT2D eigenvalue weighted by atomic mass is 15.2. The monoisotopic (exact) mass is 238 g/mol. The van der Waals surface area contributed by atoms with Gasteiger partial charge in [-0.2, -0.15) is 0 Å². The number of rotatable bonds is 7. The van der Waals surface area contributed by atoms with E-state index in [9.17, 15) is 0 Å². The number of nitrogens with zero attached hydrogens (tertiary/aromatic N) is 1. The average molecular weight is 238 g/mol. The van der Waals surface area contributed by atoms with Crippen molar-refractivity contribution >= 4 is 0 Å². The van der Waals surface area contributed by atoms with Gasteiger partial charge < -0.3 is 5.32 Å². The lowest BCUT2D eigenvalue weighted by Crippen LogP contribution is -2.45. The van der Waals surface area contributed by atoms with Gasteiger partial charge in [-0.1, -0.05) is 26.7 Å². The molecule has 1 unspecified atom stereocenters. The summed E-state index contributed by atoms with van der Waals surface area (Å²) in [6, 6.07) is 2.43. The Bertz CT molecular complexity index is 217. The fraction of sp³-hybridized carbons (Fsp3) is 1.00. The quantitative estimate of drug-likeness (QED) is 0.733. The Labute approximate surface area is 107 Å². The molecule has 0 aromatic heterocycles. The van der Waals surface area contributed by atoms with Crippen LogP contribution in [0.25, 0.3) is 0 Å². The lowest BCUT2D eigenvalue weighted by molar-refractivity contribution is 0.170. The Morgan fingerprint density at radius 3 is 2.24 bits per heavy atom. The van der Waals surface area contributed by atoms with Crippen LogP contribution in [0.3, 0.4) is 0 Å². The zero-order chi connectivity index (χ0) is 12.3. The average Bonchev–Trinajstić information content (AvgIpc) is 2.99. The molecule has 0 radical (unpaired) electrons. The number of nitrogens with one attached hydrogen (secondary N) is 1. The zero-order valence-electron chi connectivity index (χ0n) is 11.9. The van der Waals surface area contributed by atoms with E-state index in [4.69, 9.17) is 0 Å². The molecule has 2 heteroatoms. The van der Waals surface area contributed by atoms with Gasteiger partial charge in [0.15, 0.2) is 0 Å². The van der Waals surface area contributed by atoms with Crippen molar-refractivity contribution in [3.63, 3.8) is 0 Å². The highest BCUT2D eigenvalue weighted by Gasteiger charge is 2.32. The minimum Gasteiger partial charge on any atom is -0.312 e. The molecular weight excluding hydrogens is 208 g/mol. The van der Waals surface area contributed by atoms with Gasteiger partial charge in [0.25, 0.3) is 0 Å². The maximum absolute atomic E-state index is 3.78. The fourth-order valence-electron chi connectivity index (χ4n) is 3.10. The molecule has 0 aliphatic heterocycles. The molecule has 17 heavy (non-hydrogen) atoms. The Hall–Kier alpha value is -0.0800. The molecule has 2 rings (SSSR count). The normalized spacial score (nSPS) is 23.8. The van der Waals surface area contributed by atoms with Crippen LogP contribution in [-0.2, 0) is 0 Å². The van der Waals surface area contributed by atoms with E-state index in [0.717, 1.165) is 18.0 Å². The molecular formula is C15H30N2. The summed E-state index contributed by atoms with van der Waals surface area (Å²) < 4.78 is 0. The Morgan fingerprint density at radius 1 is 1.06 bits per heavy atom. The molecule has 1 atom stereocenters. The molecule has 0 saturated heterocycles. The summed E-state index contributed by atoms with van der Waals surface area (Å²) in [6.45, 7) is 9.55. The lowest BCUT2D eigenvalue weighted by Gasteiger charge is -2.31. The van der Waals surface area contributed by atoms with Crippen molar-refractivity contribution in [2.45, 2.75) is 77.4 Å². The van der Waals surface area contributed by atoms with E-state index in [1.54, 1.807) is 0 Å². The Morgan fingerprint density at radius 2 is 1.71 bits per heavy atom. The number of hydrogen-bond donors (Lipinski definition) is 1. The van der Waals surface area contributed by atoms with Crippen molar-refractivity contribution in [3.8, 4) is 0 Å². The first-order chi connectivity index (χ1) is 8.16. The second-order valence-corrected chi connectivity index (χ2v) is 6.56. The van der Waals surface area contributed by atoms with Gasteiger partial charge in [-0.05, 0) is 38.5 Å². The first-order valence-electron chi connectivity index (χ1n) is 7.66. The van der Waals surface area contributed by atoms with Crippen LogP contribution in [0.5, 0.6) is 0 Å². The second-order valence-electron chi connectivity index (χ2n) is 6.56. The smallest absolute Gasteiger partial charge is 0.0195 e. The molecule has 0 spiro atoms. The molecule has 0 bridgehead atoms. The maximum Gasteiger partial charge on any atom is 0.0195 e. The van der Waals surface area contributed by atoms with Gasteiger partial charge >= 0.3 is 0 Å². The van der Waals surface area contributed by atoms with Gasteiger partial charge in [0.1, 0.15) is 0 Å². The molecule has 1 N–H and O–H groups in total. The molecule has 0 aromatic carbocycles. The van der Waals surface area contributed by atoms with Crippen molar-refractivity contribution in [2.75, 3.05) is 13.1 Å². The van der Waals surface area contributed by atoms with E-state index in [1.165, 1.54) is 51.6 Å². The number of hydrogen-bond acceptors (Lipinski definition) is 2. The van der Waals surface area contributed by atoms with Crippen molar-refractivity contribution in [2.24, 2.45) is 5.92 Å². The van der Waals surface area contributed by atoms with Gasteiger partial charge in [-0.3, -0.25) is 4.90 Å². The summed E-state index contributed by atoms with van der Waals surface area (Å²) in [6.07, 6.45) is 8.54. The highest BCUT2D eigenvalue weighted by Crippen LogP contribution is 2.29. The second kappa shape index (κ2) is 6.19. The minimum absolute atomic E-state index is 0.713. The molecule has 100 valence electrons. The highest BCUT2D eigenvalue weighted by molar-refractivity contribution is 4.89. The van der Waals surface area contributed by atoms with Crippen molar-refractivity contribution in [1.82, 2.24) is 10.2 Å². The molecule has 0 aromatic rings. The fourth-order valence-corrected chi connectivity index (χ4v) is 3.10. The van der Waals surface area contributed by atoms with Crippen molar-refractivity contribution in [1.29, 1.82) is 0 Å². The van der Waals surface area contributed by atoms with Gasteiger partial charge in [-0.25, -0.2) is 0 Å². The van der Waals surface area contributed by atoms with Crippen LogP contribution in [0.4, 0.5) is 0 Å². The Kier molecular flexibility index (Phi) is 4.87. The molecule has 0 heterocycles. The third-order valence-electron chi connectivity index (χ3n) is 4.22. The van der Waals surface area contributed by atoms with Gasteiger partial charge in [0.2, 0.25) is 0 Å². The maximum atomic E-state index is 3.78. The van der Waals surface area contributed by atoms with Crippen LogP contribution < -0.4 is 5.32 Å². The topological polar surface area (TPSA) is 15.3 Å². The van der Waals surface area contributed by atoms with E-state index in [-0.39, 0.29) is 0 Å². The first kappa shape index (κ1) is 13.4. The standard InChI is InChI=1S/C15H30N2/c1-12(2)11-17(15-8-9-15)13(3)10-16-14-6-4-5-7-14/h12-16H,4-11H2,1-3H3. The molecule has 2 fully saturated rings. The molecule has 2 nitrogen and oxygen atoms in total. The summed E-state index contributed by atoms with van der Waals surface area (Å²) in [7, 11) is 0. The van der Waals surface area contributed by atoms with Gasteiger partial charge in [-0.15, -0.1) is 0 Å². The largest absolute Gasteiger partial charge is 0.312 e. The van der Waals surface area contributed by atoms with Crippen LogP contribution in [0.1, 0.15) is 59.3 Å². The van der Waals surface area contributed by atoms with E-state index in [1.807, 2.05) is 0 Å². The molecule has 0 amide bonds. The molecule has 2 aliphatic carbocycles. The zero-order valence-corrected chi connectivity index (χ0v) is 11.9. The molecule has 2 aliphatic rings. The van der Waals surface area contributed by atoms with E-state index >= 15 is 0 Å². The van der Waals surface area contributed by atoms with Gasteiger partial charge in [0.05, 0.1) is 0 Å².